The number of unbranched alkanes of at least 4 members (excludes halogenated alkanes) is 1. The highest BCUT2D eigenvalue weighted by atomic mass is 32.2. The fraction of sp³-hybridized carbons (Fsp3) is 0.929. The van der Waals surface area contributed by atoms with Crippen LogP contribution in [0.4, 0.5) is 8.78 Å². The van der Waals surface area contributed by atoms with Gasteiger partial charge in [-0.3, -0.25) is 4.79 Å². The number of thioether (sulfide) groups is 1. The van der Waals surface area contributed by atoms with Gasteiger partial charge in [-0.2, -0.15) is 0 Å². The van der Waals surface area contributed by atoms with E-state index in [-0.39, 0.29) is 17.6 Å². The topological polar surface area (TPSA) is 26.3 Å². The van der Waals surface area contributed by atoms with E-state index in [0.29, 0.717) is 18.9 Å². The second-order valence-corrected chi connectivity index (χ2v) is 6.35. The van der Waals surface area contributed by atoms with Crippen molar-refractivity contribution in [3.05, 3.63) is 0 Å². The van der Waals surface area contributed by atoms with E-state index in [1.807, 2.05) is 6.92 Å². The molecule has 19 heavy (non-hydrogen) atoms. The van der Waals surface area contributed by atoms with Crippen LogP contribution >= 0.6 is 11.8 Å². The standard InChI is InChI=1S/C14H26F2O2S/c1-4-8-18-14(17)12(10-11(2)3)19-9-6-5-7-13(15)16/h11-13H,4-10H2,1-3H3. The van der Waals surface area contributed by atoms with Crippen molar-refractivity contribution in [2.24, 2.45) is 5.92 Å². The Balaban J connectivity index is 3.95. The van der Waals surface area contributed by atoms with E-state index in [0.717, 1.165) is 25.0 Å². The third-order valence-electron chi connectivity index (χ3n) is 2.53. The molecule has 0 aromatic carbocycles. The van der Waals surface area contributed by atoms with Crippen LogP contribution in [0, 0.1) is 5.92 Å². The lowest BCUT2D eigenvalue weighted by atomic mass is 10.1. The summed E-state index contributed by atoms with van der Waals surface area (Å²) in [4.78, 5) is 11.8. The molecule has 5 heteroatoms. The molecule has 0 heterocycles. The Kier molecular flexibility index (Phi) is 11.3. The lowest BCUT2D eigenvalue weighted by Crippen LogP contribution is -2.23. The lowest BCUT2D eigenvalue weighted by molar-refractivity contribution is -0.143. The molecule has 0 spiro atoms. The van der Waals surface area contributed by atoms with Gasteiger partial charge < -0.3 is 4.74 Å². The fourth-order valence-electron chi connectivity index (χ4n) is 1.58. The predicted molar refractivity (Wildman–Crippen MR) is 76.8 cm³/mol. The van der Waals surface area contributed by atoms with Gasteiger partial charge in [0.15, 0.2) is 0 Å². The van der Waals surface area contributed by atoms with Crippen molar-refractivity contribution in [2.75, 3.05) is 12.4 Å². The molecule has 1 atom stereocenters. The van der Waals surface area contributed by atoms with E-state index in [1.165, 1.54) is 0 Å². The molecule has 0 N–H and O–H groups in total. The van der Waals surface area contributed by atoms with Crippen LogP contribution in [-0.2, 0) is 9.53 Å². The monoisotopic (exact) mass is 296 g/mol. The zero-order valence-electron chi connectivity index (χ0n) is 12.2. The van der Waals surface area contributed by atoms with E-state index in [4.69, 9.17) is 4.74 Å². The van der Waals surface area contributed by atoms with E-state index in [1.54, 1.807) is 11.8 Å². The largest absolute Gasteiger partial charge is 0.465 e. The summed E-state index contributed by atoms with van der Waals surface area (Å²) in [5.41, 5.74) is 0. The maximum absolute atomic E-state index is 12.0. The van der Waals surface area contributed by atoms with Crippen LogP contribution in [0.15, 0.2) is 0 Å². The second-order valence-electron chi connectivity index (χ2n) is 5.04. The number of rotatable bonds is 11. The summed E-state index contributed by atoms with van der Waals surface area (Å²) in [6.45, 7) is 6.55. The zero-order valence-corrected chi connectivity index (χ0v) is 13.0. The first kappa shape index (κ1) is 18.7. The summed E-state index contributed by atoms with van der Waals surface area (Å²) in [7, 11) is 0. The van der Waals surface area contributed by atoms with Crippen LogP contribution in [0.1, 0.15) is 52.9 Å². The van der Waals surface area contributed by atoms with E-state index >= 15 is 0 Å². The normalized spacial score (nSPS) is 13.0. The van der Waals surface area contributed by atoms with Crippen LogP contribution in [0.2, 0.25) is 0 Å². The molecule has 1 unspecified atom stereocenters. The second kappa shape index (κ2) is 11.5. The van der Waals surface area contributed by atoms with Crippen molar-refractivity contribution in [2.45, 2.75) is 64.6 Å². The Bertz CT molecular complexity index is 235. The van der Waals surface area contributed by atoms with Gasteiger partial charge in [0.2, 0.25) is 6.43 Å². The van der Waals surface area contributed by atoms with Crippen molar-refractivity contribution >= 4 is 17.7 Å². The lowest BCUT2D eigenvalue weighted by Gasteiger charge is -2.17. The number of ether oxygens (including phenoxy) is 1. The quantitative estimate of drug-likeness (QED) is 0.414. The predicted octanol–water partition coefficient (Wildman–Crippen LogP) is 4.52. The average Bonchev–Trinajstić information content (AvgIpc) is 2.33. The van der Waals surface area contributed by atoms with Crippen molar-refractivity contribution in [1.29, 1.82) is 0 Å². The van der Waals surface area contributed by atoms with E-state index in [2.05, 4.69) is 13.8 Å². The van der Waals surface area contributed by atoms with Gasteiger partial charge >= 0.3 is 5.97 Å². The molecule has 0 aromatic heterocycles. The first-order valence-corrected chi connectivity index (χ1v) is 8.08. The van der Waals surface area contributed by atoms with Gasteiger partial charge in [0.25, 0.3) is 0 Å². The third-order valence-corrected chi connectivity index (χ3v) is 3.84. The molecule has 0 aliphatic rings. The Hall–Kier alpha value is -0.320. The molecule has 0 aliphatic carbocycles. The highest BCUT2D eigenvalue weighted by Crippen LogP contribution is 2.22. The van der Waals surface area contributed by atoms with E-state index in [9.17, 15) is 13.6 Å². The highest BCUT2D eigenvalue weighted by Gasteiger charge is 2.21. The smallest absolute Gasteiger partial charge is 0.319 e. The molecular weight excluding hydrogens is 270 g/mol. The molecule has 0 fully saturated rings. The van der Waals surface area contributed by atoms with Gasteiger partial charge in [0.1, 0.15) is 5.25 Å². The van der Waals surface area contributed by atoms with Gasteiger partial charge in [-0.05, 0) is 37.4 Å². The van der Waals surface area contributed by atoms with Crippen molar-refractivity contribution in [1.82, 2.24) is 0 Å². The molecule has 2 nitrogen and oxygen atoms in total. The maximum atomic E-state index is 12.0. The summed E-state index contributed by atoms with van der Waals surface area (Å²) in [6.07, 6.45) is 0.580. The SMILES string of the molecule is CCCOC(=O)C(CC(C)C)SCCCCC(F)F. The van der Waals surface area contributed by atoms with Crippen LogP contribution in [0.5, 0.6) is 0 Å². The molecule has 0 aromatic rings. The summed E-state index contributed by atoms with van der Waals surface area (Å²) in [5, 5.41) is -0.155. The fourth-order valence-corrected chi connectivity index (χ4v) is 2.96. The molecular formula is C14H26F2O2S. The van der Waals surface area contributed by atoms with Gasteiger partial charge in [0, 0.05) is 6.42 Å². The van der Waals surface area contributed by atoms with E-state index < -0.39 is 6.43 Å². The molecule has 0 amide bonds. The number of hydrogen-bond acceptors (Lipinski definition) is 3. The van der Waals surface area contributed by atoms with Crippen LogP contribution in [-0.4, -0.2) is 30.0 Å². The summed E-state index contributed by atoms with van der Waals surface area (Å²) in [5.74, 6) is 1.01. The minimum absolute atomic E-state index is 0.0459. The Morgan fingerprint density at radius 3 is 2.47 bits per heavy atom. The first-order chi connectivity index (χ1) is 8.97. The number of carbonyl (C=O) groups is 1. The van der Waals surface area contributed by atoms with Crippen molar-refractivity contribution in [3.8, 4) is 0 Å². The Morgan fingerprint density at radius 2 is 1.95 bits per heavy atom. The van der Waals surface area contributed by atoms with Gasteiger partial charge in [-0.25, -0.2) is 8.78 Å². The number of halogens is 2. The number of esters is 1. The minimum Gasteiger partial charge on any atom is -0.465 e. The highest BCUT2D eigenvalue weighted by molar-refractivity contribution is 8.00. The summed E-state index contributed by atoms with van der Waals surface area (Å²) < 4.78 is 29.1. The molecule has 0 aliphatic heterocycles. The average molecular weight is 296 g/mol. The van der Waals surface area contributed by atoms with Crippen LogP contribution < -0.4 is 0 Å². The number of hydrogen-bond donors (Lipinski definition) is 0. The Morgan fingerprint density at radius 1 is 1.26 bits per heavy atom. The van der Waals surface area contributed by atoms with Gasteiger partial charge in [0.05, 0.1) is 6.61 Å². The third kappa shape index (κ3) is 11.2. The molecule has 0 saturated heterocycles. The maximum Gasteiger partial charge on any atom is 0.319 e. The molecule has 114 valence electrons. The zero-order chi connectivity index (χ0) is 14.7. The molecule has 0 bridgehead atoms. The minimum atomic E-state index is -2.22. The molecule has 0 radical (unpaired) electrons. The molecule has 0 rings (SSSR count). The number of alkyl halides is 2. The Labute approximate surface area is 119 Å². The van der Waals surface area contributed by atoms with Crippen molar-refractivity contribution < 1.29 is 18.3 Å². The van der Waals surface area contributed by atoms with Gasteiger partial charge in [-0.15, -0.1) is 11.8 Å². The summed E-state index contributed by atoms with van der Waals surface area (Å²) in [6, 6.07) is 0. The first-order valence-electron chi connectivity index (χ1n) is 7.03. The summed E-state index contributed by atoms with van der Waals surface area (Å²) >= 11 is 1.54. The van der Waals surface area contributed by atoms with Crippen LogP contribution in [0.3, 0.4) is 0 Å². The number of carbonyl (C=O) groups excluding carboxylic acids is 1. The van der Waals surface area contributed by atoms with Crippen molar-refractivity contribution in [3.63, 3.8) is 0 Å². The molecule has 0 saturated carbocycles. The van der Waals surface area contributed by atoms with Gasteiger partial charge in [-0.1, -0.05) is 20.8 Å². The van der Waals surface area contributed by atoms with Crippen LogP contribution in [0.25, 0.3) is 0 Å².